The smallest absolute Gasteiger partial charge is 0.302 e. The van der Waals surface area contributed by atoms with Gasteiger partial charge in [0.15, 0.2) is 11.6 Å². The number of rotatable bonds is 6. The molecule has 1 N–H and O–H groups in total. The normalized spacial score (nSPS) is 13.4. The van der Waals surface area contributed by atoms with E-state index in [1.807, 2.05) is 0 Å². The number of phosphoric ester groups is 1. The molecule has 0 radical (unpaired) electrons. The molecule has 7 heteroatoms. The van der Waals surface area contributed by atoms with Crippen LogP contribution in [-0.4, -0.2) is 29.7 Å². The standard InChI is InChI=1S/C12H23O6P/c1-11(2,3)9(13)7-17-19(15,16)18-8-10(14)12(4,5)6/h7-8H2,1-6H3,(H,15,16). The van der Waals surface area contributed by atoms with Gasteiger partial charge in [-0.15, -0.1) is 0 Å². The largest absolute Gasteiger partial charge is 0.473 e. The lowest BCUT2D eigenvalue weighted by Crippen LogP contribution is -2.26. The van der Waals surface area contributed by atoms with Crippen LogP contribution in [0.3, 0.4) is 0 Å². The van der Waals surface area contributed by atoms with Gasteiger partial charge in [-0.05, 0) is 0 Å². The van der Waals surface area contributed by atoms with Crippen molar-refractivity contribution in [2.75, 3.05) is 13.2 Å². The van der Waals surface area contributed by atoms with Crippen molar-refractivity contribution in [3.63, 3.8) is 0 Å². The molecule has 0 bridgehead atoms. The Balaban J connectivity index is 4.32. The molecule has 0 aliphatic heterocycles. The molecule has 0 rings (SSSR count). The second-order valence-corrected chi connectivity index (χ2v) is 7.82. The highest BCUT2D eigenvalue weighted by atomic mass is 31.2. The van der Waals surface area contributed by atoms with Crippen LogP contribution in [0, 0.1) is 10.8 Å². The highest BCUT2D eigenvalue weighted by molar-refractivity contribution is 7.47. The summed E-state index contributed by atoms with van der Waals surface area (Å²) in [5.41, 5.74) is -1.33. The molecule has 0 aromatic heterocycles. The Morgan fingerprint density at radius 1 is 0.895 bits per heavy atom. The molecule has 0 heterocycles. The molecule has 0 aromatic carbocycles. The van der Waals surface area contributed by atoms with Gasteiger partial charge in [-0.25, -0.2) is 4.57 Å². The Bertz CT molecular complexity index is 354. The molecule has 0 unspecified atom stereocenters. The molecule has 0 spiro atoms. The van der Waals surface area contributed by atoms with Crippen molar-refractivity contribution in [3.05, 3.63) is 0 Å². The van der Waals surface area contributed by atoms with Gasteiger partial charge < -0.3 is 4.89 Å². The Morgan fingerprint density at radius 3 is 1.37 bits per heavy atom. The van der Waals surface area contributed by atoms with Crippen molar-refractivity contribution < 1.29 is 28.1 Å². The average molecular weight is 294 g/mol. The van der Waals surface area contributed by atoms with Crippen molar-refractivity contribution in [2.45, 2.75) is 41.5 Å². The zero-order chi connectivity index (χ0) is 15.5. The third-order valence-electron chi connectivity index (χ3n) is 2.39. The summed E-state index contributed by atoms with van der Waals surface area (Å²) in [6.07, 6.45) is 0. The van der Waals surface area contributed by atoms with Gasteiger partial charge >= 0.3 is 7.82 Å². The number of hydrogen-bond donors (Lipinski definition) is 1. The molecule has 0 atom stereocenters. The summed E-state index contributed by atoms with van der Waals surface area (Å²) in [6, 6.07) is 0. The molecule has 112 valence electrons. The van der Waals surface area contributed by atoms with Gasteiger partial charge in [0.05, 0.1) is 0 Å². The third-order valence-corrected chi connectivity index (χ3v) is 3.30. The maximum atomic E-state index is 11.5. The molecule has 0 fully saturated rings. The summed E-state index contributed by atoms with van der Waals surface area (Å²) in [5.74, 6) is -0.653. The van der Waals surface area contributed by atoms with Crippen LogP contribution < -0.4 is 0 Å². The molecular formula is C12H23O6P. The maximum absolute atomic E-state index is 11.5. The SMILES string of the molecule is CC(C)(C)C(=O)COP(=O)(O)OCC(=O)C(C)(C)C. The molecule has 19 heavy (non-hydrogen) atoms. The third kappa shape index (κ3) is 7.57. The van der Waals surface area contributed by atoms with Gasteiger partial charge in [-0.2, -0.15) is 0 Å². The second-order valence-electron chi connectivity index (χ2n) is 6.36. The van der Waals surface area contributed by atoms with Crippen LogP contribution in [-0.2, 0) is 23.2 Å². The van der Waals surface area contributed by atoms with Crippen molar-refractivity contribution in [3.8, 4) is 0 Å². The quantitative estimate of drug-likeness (QED) is 0.756. The first-order valence-electron chi connectivity index (χ1n) is 5.94. The fourth-order valence-corrected chi connectivity index (χ4v) is 1.39. The first-order chi connectivity index (χ1) is 8.26. The van der Waals surface area contributed by atoms with Gasteiger partial charge in [-0.1, -0.05) is 41.5 Å². The minimum absolute atomic E-state index is 0.326. The maximum Gasteiger partial charge on any atom is 0.473 e. The number of phosphoric acid groups is 1. The number of Topliss-reactive ketones (excluding diaryl/α,β-unsaturated/α-hetero) is 2. The Morgan fingerprint density at radius 2 is 1.16 bits per heavy atom. The first kappa shape index (κ1) is 18.4. The minimum Gasteiger partial charge on any atom is -0.302 e. The van der Waals surface area contributed by atoms with Crippen molar-refractivity contribution >= 4 is 19.4 Å². The molecule has 0 amide bonds. The highest BCUT2D eigenvalue weighted by Crippen LogP contribution is 2.43. The summed E-state index contributed by atoms with van der Waals surface area (Å²) < 4.78 is 20.6. The van der Waals surface area contributed by atoms with Crippen molar-refractivity contribution in [2.24, 2.45) is 10.8 Å². The fraction of sp³-hybridized carbons (Fsp3) is 0.833. The zero-order valence-electron chi connectivity index (χ0n) is 12.3. The summed E-state index contributed by atoms with van der Waals surface area (Å²) in [6.45, 7) is 8.98. The van der Waals surface area contributed by atoms with Crippen LogP contribution in [0.5, 0.6) is 0 Å². The molecule has 0 saturated carbocycles. The van der Waals surface area contributed by atoms with Crippen LogP contribution in [0.1, 0.15) is 41.5 Å². The summed E-state index contributed by atoms with van der Waals surface area (Å²) in [5, 5.41) is 0. The topological polar surface area (TPSA) is 89.9 Å². The van der Waals surface area contributed by atoms with E-state index in [1.165, 1.54) is 0 Å². The van der Waals surface area contributed by atoms with Gasteiger partial charge in [0, 0.05) is 10.8 Å². The Labute approximate surface area is 114 Å². The van der Waals surface area contributed by atoms with E-state index in [1.54, 1.807) is 41.5 Å². The van der Waals surface area contributed by atoms with Gasteiger partial charge in [0.1, 0.15) is 13.2 Å². The average Bonchev–Trinajstić information content (AvgIpc) is 2.20. The fourth-order valence-electron chi connectivity index (χ4n) is 0.751. The van der Waals surface area contributed by atoms with Gasteiger partial charge in [-0.3, -0.25) is 18.6 Å². The van der Waals surface area contributed by atoms with E-state index in [-0.39, 0.29) is 11.6 Å². The first-order valence-corrected chi connectivity index (χ1v) is 7.44. The van der Waals surface area contributed by atoms with Crippen molar-refractivity contribution in [1.29, 1.82) is 0 Å². The molecule has 6 nitrogen and oxygen atoms in total. The van der Waals surface area contributed by atoms with E-state index >= 15 is 0 Å². The summed E-state index contributed by atoms with van der Waals surface area (Å²) in [7, 11) is -4.38. The molecule has 0 saturated heterocycles. The number of carbonyl (C=O) groups excluding carboxylic acids is 2. The number of carbonyl (C=O) groups is 2. The monoisotopic (exact) mass is 294 g/mol. The molecule has 0 aromatic rings. The van der Waals surface area contributed by atoms with E-state index in [0.29, 0.717) is 0 Å². The molecular weight excluding hydrogens is 271 g/mol. The summed E-state index contributed by atoms with van der Waals surface area (Å²) >= 11 is 0. The minimum atomic E-state index is -4.38. The van der Waals surface area contributed by atoms with E-state index in [2.05, 4.69) is 9.05 Å². The molecule has 0 aliphatic rings. The van der Waals surface area contributed by atoms with Crippen LogP contribution in [0.2, 0.25) is 0 Å². The predicted octanol–water partition coefficient (Wildman–Crippen LogP) is 2.35. The zero-order valence-corrected chi connectivity index (χ0v) is 13.2. The lowest BCUT2D eigenvalue weighted by Gasteiger charge is -2.19. The van der Waals surface area contributed by atoms with Gasteiger partial charge in [0.25, 0.3) is 0 Å². The van der Waals surface area contributed by atoms with Crippen LogP contribution in [0.25, 0.3) is 0 Å². The predicted molar refractivity (Wildman–Crippen MR) is 70.7 cm³/mol. The van der Waals surface area contributed by atoms with E-state index in [0.717, 1.165) is 0 Å². The highest BCUT2D eigenvalue weighted by Gasteiger charge is 2.30. The summed E-state index contributed by atoms with van der Waals surface area (Å²) in [4.78, 5) is 32.4. The van der Waals surface area contributed by atoms with E-state index in [4.69, 9.17) is 0 Å². The van der Waals surface area contributed by atoms with Crippen LogP contribution in [0.4, 0.5) is 0 Å². The van der Waals surface area contributed by atoms with Crippen molar-refractivity contribution in [1.82, 2.24) is 0 Å². The lowest BCUT2D eigenvalue weighted by molar-refractivity contribution is -0.129. The molecule has 0 aliphatic carbocycles. The Hall–Kier alpha value is -0.550. The van der Waals surface area contributed by atoms with E-state index < -0.39 is 31.9 Å². The Kier molecular flexibility index (Phi) is 6.09. The van der Waals surface area contributed by atoms with Gasteiger partial charge in [0.2, 0.25) is 0 Å². The second kappa shape index (κ2) is 6.27. The lowest BCUT2D eigenvalue weighted by atomic mass is 9.91. The van der Waals surface area contributed by atoms with Crippen LogP contribution in [0.15, 0.2) is 0 Å². The number of hydrogen-bond acceptors (Lipinski definition) is 5. The van der Waals surface area contributed by atoms with E-state index in [9.17, 15) is 19.0 Å². The number of ketones is 2. The van der Waals surface area contributed by atoms with Crippen LogP contribution >= 0.6 is 7.82 Å².